The summed E-state index contributed by atoms with van der Waals surface area (Å²) in [6, 6.07) is 3.68. The molecule has 0 aliphatic carbocycles. The second-order valence-corrected chi connectivity index (χ2v) is 6.59. The van der Waals surface area contributed by atoms with Crippen molar-refractivity contribution in [2.75, 3.05) is 39.9 Å². The summed E-state index contributed by atoms with van der Waals surface area (Å²) in [5.41, 5.74) is 0.892. The largest absolute Gasteiger partial charge is 0.493 e. The van der Waals surface area contributed by atoms with Gasteiger partial charge in [-0.2, -0.15) is 0 Å². The summed E-state index contributed by atoms with van der Waals surface area (Å²) in [6.45, 7) is 7.42. The minimum Gasteiger partial charge on any atom is -0.493 e. The number of methoxy groups -OCH3 is 1. The van der Waals surface area contributed by atoms with Crippen molar-refractivity contribution in [3.63, 3.8) is 0 Å². The molecule has 0 unspecified atom stereocenters. The number of amides is 1. The number of hydrogen-bond donors (Lipinski definition) is 2. The zero-order chi connectivity index (χ0) is 19.6. The van der Waals surface area contributed by atoms with E-state index in [1.807, 2.05) is 30.9 Å². The van der Waals surface area contributed by atoms with E-state index in [2.05, 4.69) is 15.6 Å². The van der Waals surface area contributed by atoms with Crippen LogP contribution in [0.15, 0.2) is 17.1 Å². The fourth-order valence-corrected chi connectivity index (χ4v) is 3.19. The Balaban J connectivity index is 2.02. The third-order valence-corrected chi connectivity index (χ3v) is 4.49. The second kappa shape index (κ2) is 10.9. The van der Waals surface area contributed by atoms with E-state index in [0.717, 1.165) is 31.5 Å². The van der Waals surface area contributed by atoms with Crippen molar-refractivity contribution in [3.05, 3.63) is 22.7 Å². The fourth-order valence-electron chi connectivity index (χ4n) is 2.90. The van der Waals surface area contributed by atoms with Gasteiger partial charge in [0.25, 0.3) is 0 Å². The minimum absolute atomic E-state index is 0.101. The van der Waals surface area contributed by atoms with Crippen LogP contribution >= 0.6 is 11.6 Å². The Morgan fingerprint density at radius 2 is 2.00 bits per heavy atom. The molecule has 0 saturated carbocycles. The minimum atomic E-state index is 0.101. The van der Waals surface area contributed by atoms with Crippen molar-refractivity contribution in [1.29, 1.82) is 0 Å². The Bertz CT molecular complexity index is 661. The molecule has 7 nitrogen and oxygen atoms in total. The fraction of sp³-hybridized carbons (Fsp3) is 0.579. The van der Waals surface area contributed by atoms with E-state index in [9.17, 15) is 4.79 Å². The van der Waals surface area contributed by atoms with Crippen molar-refractivity contribution in [2.24, 2.45) is 4.99 Å². The molecule has 2 rings (SSSR count). The first-order valence-electron chi connectivity index (χ1n) is 9.38. The molecule has 1 fully saturated rings. The van der Waals surface area contributed by atoms with Crippen LogP contribution in [0.1, 0.15) is 32.3 Å². The van der Waals surface area contributed by atoms with Crippen molar-refractivity contribution in [3.8, 4) is 11.5 Å². The van der Waals surface area contributed by atoms with Gasteiger partial charge < -0.3 is 25.0 Å². The molecular weight excluding hydrogens is 368 g/mol. The topological polar surface area (TPSA) is 75.2 Å². The van der Waals surface area contributed by atoms with Gasteiger partial charge in [-0.1, -0.05) is 11.6 Å². The number of hydrogen-bond acceptors (Lipinski definition) is 4. The summed E-state index contributed by atoms with van der Waals surface area (Å²) < 4.78 is 10.9. The number of nitrogens with zero attached hydrogens (tertiary/aromatic N) is 2. The van der Waals surface area contributed by atoms with Gasteiger partial charge >= 0.3 is 0 Å². The summed E-state index contributed by atoms with van der Waals surface area (Å²) in [5.74, 6) is 1.81. The number of carbonyl (C=O) groups excluding carboxylic acids is 1. The zero-order valence-electron chi connectivity index (χ0n) is 16.3. The van der Waals surface area contributed by atoms with E-state index in [0.29, 0.717) is 42.2 Å². The molecule has 0 spiro atoms. The molecule has 0 aromatic heterocycles. The standard InChI is InChI=1S/C19H29ClN4O3/c1-4-21-19(23-13-17(25)24-8-6-7-9-24)22-12-14-10-15(20)18(27-5-2)16(11-14)26-3/h10-11H,4-9,12-13H2,1-3H3,(H2,21,22,23). The number of rotatable bonds is 8. The molecule has 27 heavy (non-hydrogen) atoms. The van der Waals surface area contributed by atoms with Crippen LogP contribution < -0.4 is 20.1 Å². The van der Waals surface area contributed by atoms with Gasteiger partial charge in [0.05, 0.1) is 31.8 Å². The lowest BCUT2D eigenvalue weighted by Crippen LogP contribution is -2.44. The lowest BCUT2D eigenvalue weighted by atomic mass is 10.2. The van der Waals surface area contributed by atoms with E-state index in [1.165, 1.54) is 0 Å². The van der Waals surface area contributed by atoms with E-state index < -0.39 is 0 Å². The average Bonchev–Trinajstić information content (AvgIpc) is 3.20. The Labute approximate surface area is 166 Å². The number of halogens is 1. The molecule has 1 aliphatic rings. The maximum absolute atomic E-state index is 12.2. The number of guanidine groups is 1. The Kier molecular flexibility index (Phi) is 8.51. The SMILES string of the molecule is CCNC(=NCc1cc(Cl)c(OCC)c(OC)c1)NCC(=O)N1CCCC1. The Morgan fingerprint density at radius 3 is 2.63 bits per heavy atom. The molecule has 0 atom stereocenters. The van der Waals surface area contributed by atoms with Gasteiger partial charge in [0.2, 0.25) is 5.91 Å². The van der Waals surface area contributed by atoms with Crippen molar-refractivity contribution in [1.82, 2.24) is 15.5 Å². The van der Waals surface area contributed by atoms with Crippen LogP contribution in [0.25, 0.3) is 0 Å². The van der Waals surface area contributed by atoms with Crippen molar-refractivity contribution >= 4 is 23.5 Å². The summed E-state index contributed by atoms with van der Waals surface area (Å²) in [5, 5.41) is 6.74. The van der Waals surface area contributed by atoms with Crippen LogP contribution in [0, 0.1) is 0 Å². The molecule has 150 valence electrons. The molecule has 1 aromatic carbocycles. The highest BCUT2D eigenvalue weighted by Crippen LogP contribution is 2.36. The Morgan fingerprint density at radius 1 is 1.26 bits per heavy atom. The van der Waals surface area contributed by atoms with Crippen molar-refractivity contribution < 1.29 is 14.3 Å². The number of ether oxygens (including phenoxy) is 2. The first-order valence-corrected chi connectivity index (χ1v) is 9.76. The molecule has 1 saturated heterocycles. The van der Waals surface area contributed by atoms with E-state index in [-0.39, 0.29) is 12.5 Å². The molecule has 8 heteroatoms. The number of benzene rings is 1. The molecular formula is C19H29ClN4O3. The first-order chi connectivity index (χ1) is 13.1. The normalized spacial score (nSPS) is 14.2. The highest BCUT2D eigenvalue weighted by Gasteiger charge is 2.17. The first kappa shape index (κ1) is 21.2. The molecule has 1 heterocycles. The number of likely N-dealkylation sites (tertiary alicyclic amines) is 1. The zero-order valence-corrected chi connectivity index (χ0v) is 17.1. The maximum atomic E-state index is 12.2. The van der Waals surface area contributed by atoms with Crippen molar-refractivity contribution in [2.45, 2.75) is 33.2 Å². The van der Waals surface area contributed by atoms with Gasteiger partial charge in [0.15, 0.2) is 17.5 Å². The van der Waals surface area contributed by atoms with Gasteiger partial charge in [0.1, 0.15) is 0 Å². The van der Waals surface area contributed by atoms with Gasteiger partial charge in [-0.05, 0) is 44.4 Å². The second-order valence-electron chi connectivity index (χ2n) is 6.18. The molecule has 0 bridgehead atoms. The lowest BCUT2D eigenvalue weighted by Gasteiger charge is -2.17. The van der Waals surface area contributed by atoms with Gasteiger partial charge in [-0.3, -0.25) is 4.79 Å². The van der Waals surface area contributed by atoms with Gasteiger partial charge in [-0.15, -0.1) is 0 Å². The highest BCUT2D eigenvalue weighted by molar-refractivity contribution is 6.32. The van der Waals surface area contributed by atoms with Crippen LogP contribution in [0.5, 0.6) is 11.5 Å². The van der Waals surface area contributed by atoms with Crippen LogP contribution in [0.3, 0.4) is 0 Å². The van der Waals surface area contributed by atoms with Gasteiger partial charge in [0, 0.05) is 19.6 Å². The molecule has 2 N–H and O–H groups in total. The predicted molar refractivity (Wildman–Crippen MR) is 108 cm³/mol. The maximum Gasteiger partial charge on any atom is 0.241 e. The van der Waals surface area contributed by atoms with Crippen LogP contribution in [0.2, 0.25) is 5.02 Å². The van der Waals surface area contributed by atoms with Gasteiger partial charge in [-0.25, -0.2) is 4.99 Å². The summed E-state index contributed by atoms with van der Waals surface area (Å²) in [4.78, 5) is 18.6. The summed E-state index contributed by atoms with van der Waals surface area (Å²) >= 11 is 6.31. The number of carbonyl (C=O) groups is 1. The summed E-state index contributed by atoms with van der Waals surface area (Å²) in [6.07, 6.45) is 2.17. The average molecular weight is 397 g/mol. The third-order valence-electron chi connectivity index (χ3n) is 4.21. The summed E-state index contributed by atoms with van der Waals surface area (Å²) in [7, 11) is 1.58. The number of nitrogens with one attached hydrogen (secondary N) is 2. The molecule has 0 radical (unpaired) electrons. The molecule has 1 aromatic rings. The van der Waals surface area contributed by atoms with E-state index in [4.69, 9.17) is 21.1 Å². The van der Waals surface area contributed by atoms with Crippen LogP contribution in [-0.2, 0) is 11.3 Å². The third kappa shape index (κ3) is 6.20. The molecule has 1 aliphatic heterocycles. The lowest BCUT2D eigenvalue weighted by molar-refractivity contribution is -0.128. The van der Waals surface area contributed by atoms with Crippen LogP contribution in [0.4, 0.5) is 0 Å². The number of aliphatic imine (C=N–C) groups is 1. The predicted octanol–water partition coefficient (Wildman–Crippen LogP) is 2.42. The van der Waals surface area contributed by atoms with Crippen LogP contribution in [-0.4, -0.2) is 56.7 Å². The molecule has 1 amide bonds. The highest BCUT2D eigenvalue weighted by atomic mass is 35.5. The quantitative estimate of drug-likeness (QED) is 0.521. The van der Waals surface area contributed by atoms with E-state index >= 15 is 0 Å². The van der Waals surface area contributed by atoms with E-state index in [1.54, 1.807) is 7.11 Å². The smallest absolute Gasteiger partial charge is 0.241 e. The Hall–Kier alpha value is -2.15. The monoisotopic (exact) mass is 396 g/mol.